The Balaban J connectivity index is 1.36. The molecule has 2 N–H and O–H groups in total. The third-order valence-electron chi connectivity index (χ3n) is 5.38. The fraction of sp³-hybridized carbons (Fsp3) is 0.391. The van der Waals surface area contributed by atoms with Gasteiger partial charge in [0, 0.05) is 25.2 Å². The molecule has 1 aromatic carbocycles. The van der Waals surface area contributed by atoms with Gasteiger partial charge in [-0.3, -0.25) is 15.1 Å². The highest BCUT2D eigenvalue weighted by molar-refractivity contribution is 5.94. The molecule has 1 fully saturated rings. The number of hydrogen-bond acceptors (Lipinski definition) is 4. The Hall–Kier alpha value is -3.47. The van der Waals surface area contributed by atoms with E-state index in [2.05, 4.69) is 20.6 Å². The van der Waals surface area contributed by atoms with Crippen LogP contribution in [-0.2, 0) is 0 Å². The molecule has 8 heteroatoms. The molecule has 1 aliphatic rings. The number of pyridine rings is 1. The van der Waals surface area contributed by atoms with Crippen molar-refractivity contribution in [3.05, 3.63) is 60.2 Å². The molecule has 2 heterocycles. The highest BCUT2D eigenvalue weighted by atomic mass is 19.1. The van der Waals surface area contributed by atoms with E-state index in [1.165, 1.54) is 18.3 Å². The van der Waals surface area contributed by atoms with E-state index < -0.39 is 5.95 Å². The Kier molecular flexibility index (Phi) is 8.35. The van der Waals surface area contributed by atoms with Gasteiger partial charge in [0.2, 0.25) is 11.9 Å². The minimum Gasteiger partial charge on any atom is -0.339 e. The van der Waals surface area contributed by atoms with Crippen LogP contribution in [0.1, 0.15) is 42.5 Å². The normalized spacial score (nSPS) is 14.7. The minimum absolute atomic E-state index is 0.120. The molecule has 0 atom stereocenters. The zero-order valence-electron chi connectivity index (χ0n) is 17.4. The molecule has 0 unspecified atom stereocenters. The van der Waals surface area contributed by atoms with Gasteiger partial charge in [-0.15, -0.1) is 0 Å². The third kappa shape index (κ3) is 7.07. The summed E-state index contributed by atoms with van der Waals surface area (Å²) < 4.78 is 12.9. The van der Waals surface area contributed by atoms with E-state index in [0.29, 0.717) is 24.1 Å². The quantitative estimate of drug-likeness (QED) is 0.177. The largest absolute Gasteiger partial charge is 0.339 e. The van der Waals surface area contributed by atoms with Crippen LogP contribution < -0.4 is 10.6 Å². The van der Waals surface area contributed by atoms with E-state index >= 15 is 0 Å². The molecule has 3 rings (SSSR count). The summed E-state index contributed by atoms with van der Waals surface area (Å²) in [6.45, 7) is 2.20. The smallest absolute Gasteiger partial charge is 0.253 e. The van der Waals surface area contributed by atoms with Gasteiger partial charge >= 0.3 is 0 Å². The van der Waals surface area contributed by atoms with Crippen molar-refractivity contribution >= 4 is 17.6 Å². The molecular weight excluding hydrogens is 395 g/mol. The second-order valence-corrected chi connectivity index (χ2v) is 7.56. The number of benzene rings is 1. The van der Waals surface area contributed by atoms with E-state index in [-0.39, 0.29) is 5.91 Å². The summed E-state index contributed by atoms with van der Waals surface area (Å²) in [5, 5.41) is 14.3. The summed E-state index contributed by atoms with van der Waals surface area (Å²) in [5.74, 6) is 0.509. The van der Waals surface area contributed by atoms with E-state index in [9.17, 15) is 9.18 Å². The Morgan fingerprint density at radius 2 is 1.97 bits per heavy atom. The number of carbonyl (C=O) groups is 1. The van der Waals surface area contributed by atoms with Crippen LogP contribution >= 0.6 is 0 Å². The van der Waals surface area contributed by atoms with Crippen LogP contribution in [0.2, 0.25) is 0 Å². The number of anilines is 1. The molecular formula is C23H27FN6O. The highest BCUT2D eigenvalue weighted by Crippen LogP contribution is 2.23. The number of likely N-dealkylation sites (tertiary alicyclic amines) is 1. The van der Waals surface area contributed by atoms with Gasteiger partial charge in [-0.05, 0) is 49.4 Å². The lowest BCUT2D eigenvalue weighted by atomic mass is 9.91. The lowest BCUT2D eigenvalue weighted by Gasteiger charge is -2.32. The fourth-order valence-electron chi connectivity index (χ4n) is 3.67. The maximum absolute atomic E-state index is 12.9. The molecule has 0 saturated carbocycles. The van der Waals surface area contributed by atoms with Crippen molar-refractivity contribution in [2.24, 2.45) is 10.9 Å². The van der Waals surface area contributed by atoms with Crippen LogP contribution in [0.15, 0.2) is 53.7 Å². The average molecular weight is 423 g/mol. The first-order valence-corrected chi connectivity index (χ1v) is 10.6. The number of halogens is 1. The SMILES string of the molecule is N#CNC(=NCCCCC1CCN(C(=O)c2ccccc2)CC1)Nc1ccc(F)nc1. The summed E-state index contributed by atoms with van der Waals surface area (Å²) >= 11 is 0. The number of amides is 1. The number of nitrogens with zero attached hydrogens (tertiary/aromatic N) is 4. The number of piperidine rings is 1. The number of guanidine groups is 1. The van der Waals surface area contributed by atoms with Gasteiger partial charge in [0.1, 0.15) is 0 Å². The Morgan fingerprint density at radius 1 is 1.19 bits per heavy atom. The van der Waals surface area contributed by atoms with Crippen molar-refractivity contribution in [2.75, 3.05) is 25.0 Å². The summed E-state index contributed by atoms with van der Waals surface area (Å²) in [7, 11) is 0. The topological polar surface area (TPSA) is 93.4 Å². The fourth-order valence-corrected chi connectivity index (χ4v) is 3.67. The second-order valence-electron chi connectivity index (χ2n) is 7.56. The van der Waals surface area contributed by atoms with Crippen molar-refractivity contribution in [3.8, 4) is 6.19 Å². The van der Waals surface area contributed by atoms with E-state index in [1.807, 2.05) is 41.4 Å². The Labute approximate surface area is 182 Å². The van der Waals surface area contributed by atoms with Crippen LogP contribution in [0.25, 0.3) is 0 Å². The van der Waals surface area contributed by atoms with Crippen molar-refractivity contribution in [1.29, 1.82) is 5.26 Å². The molecule has 1 saturated heterocycles. The maximum atomic E-state index is 12.9. The molecule has 2 aromatic rings. The molecule has 0 radical (unpaired) electrons. The van der Waals surface area contributed by atoms with Gasteiger partial charge < -0.3 is 10.2 Å². The Morgan fingerprint density at radius 3 is 2.65 bits per heavy atom. The minimum atomic E-state index is -0.562. The summed E-state index contributed by atoms with van der Waals surface area (Å²) in [4.78, 5) is 22.4. The molecule has 1 amide bonds. The number of aliphatic imine (C=N–C) groups is 1. The monoisotopic (exact) mass is 422 g/mol. The zero-order chi connectivity index (χ0) is 21.9. The number of aromatic nitrogens is 1. The summed E-state index contributed by atoms with van der Waals surface area (Å²) in [6, 6.07) is 12.2. The predicted octanol–water partition coefficient (Wildman–Crippen LogP) is 3.78. The first-order valence-electron chi connectivity index (χ1n) is 10.6. The zero-order valence-corrected chi connectivity index (χ0v) is 17.4. The predicted molar refractivity (Wildman–Crippen MR) is 118 cm³/mol. The molecule has 31 heavy (non-hydrogen) atoms. The number of nitriles is 1. The van der Waals surface area contributed by atoms with Gasteiger partial charge in [-0.1, -0.05) is 31.0 Å². The molecule has 1 aliphatic heterocycles. The number of unbranched alkanes of at least 4 members (excludes halogenated alkanes) is 1. The van der Waals surface area contributed by atoms with Crippen LogP contribution in [0.3, 0.4) is 0 Å². The van der Waals surface area contributed by atoms with E-state index in [0.717, 1.165) is 50.8 Å². The van der Waals surface area contributed by atoms with Gasteiger partial charge in [0.05, 0.1) is 11.9 Å². The second kappa shape index (κ2) is 11.6. The average Bonchev–Trinajstić information content (AvgIpc) is 2.81. The van der Waals surface area contributed by atoms with Gasteiger partial charge in [-0.25, -0.2) is 4.98 Å². The molecule has 0 spiro atoms. The lowest BCUT2D eigenvalue weighted by Crippen LogP contribution is -2.38. The van der Waals surface area contributed by atoms with Crippen molar-refractivity contribution in [1.82, 2.24) is 15.2 Å². The molecule has 162 valence electrons. The molecule has 7 nitrogen and oxygen atoms in total. The standard InChI is InChI=1S/C23H27FN6O/c24-21-10-9-20(16-27-21)29-23(28-17-25)26-13-5-4-6-18-11-14-30(15-12-18)22(31)19-7-2-1-3-8-19/h1-3,7-10,16,18H,4-6,11-15H2,(H2,26,28,29). The highest BCUT2D eigenvalue weighted by Gasteiger charge is 2.23. The van der Waals surface area contributed by atoms with Crippen LogP contribution in [-0.4, -0.2) is 41.4 Å². The number of rotatable bonds is 7. The van der Waals surface area contributed by atoms with E-state index in [4.69, 9.17) is 5.26 Å². The first-order chi connectivity index (χ1) is 15.2. The van der Waals surface area contributed by atoms with Gasteiger partial charge in [0.25, 0.3) is 5.91 Å². The van der Waals surface area contributed by atoms with E-state index in [1.54, 1.807) is 0 Å². The Bertz CT molecular complexity index is 902. The number of nitrogens with one attached hydrogen (secondary N) is 2. The molecule has 1 aromatic heterocycles. The first kappa shape index (κ1) is 22.2. The maximum Gasteiger partial charge on any atom is 0.253 e. The van der Waals surface area contributed by atoms with Crippen LogP contribution in [0.4, 0.5) is 10.1 Å². The number of hydrogen-bond donors (Lipinski definition) is 2. The molecule has 0 aliphatic carbocycles. The third-order valence-corrected chi connectivity index (χ3v) is 5.38. The van der Waals surface area contributed by atoms with Gasteiger partial charge in [0.15, 0.2) is 6.19 Å². The van der Waals surface area contributed by atoms with Crippen molar-refractivity contribution in [2.45, 2.75) is 32.1 Å². The number of carbonyl (C=O) groups excluding carboxylic acids is 1. The molecule has 0 bridgehead atoms. The van der Waals surface area contributed by atoms with Crippen LogP contribution in [0, 0.1) is 23.3 Å². The van der Waals surface area contributed by atoms with Crippen molar-refractivity contribution < 1.29 is 9.18 Å². The van der Waals surface area contributed by atoms with Crippen LogP contribution in [0.5, 0.6) is 0 Å². The van der Waals surface area contributed by atoms with Crippen molar-refractivity contribution in [3.63, 3.8) is 0 Å². The summed E-state index contributed by atoms with van der Waals surface area (Å²) in [6.07, 6.45) is 8.31. The van der Waals surface area contributed by atoms with Gasteiger partial charge in [-0.2, -0.15) is 9.65 Å². The summed E-state index contributed by atoms with van der Waals surface area (Å²) in [5.41, 5.74) is 1.31. The lowest BCUT2D eigenvalue weighted by molar-refractivity contribution is 0.0686.